The topological polar surface area (TPSA) is 76.4 Å². The van der Waals surface area contributed by atoms with E-state index in [2.05, 4.69) is 24.1 Å². The van der Waals surface area contributed by atoms with E-state index in [4.69, 9.17) is 0 Å². The standard InChI is InChI=1S/C17H21N3O2/c1-12-6-5-7-13(2)20(12)11-14(10-18)17(22)19-15-8-3-4-9-16(15)21/h3-4,8-9,11-13,21H,5-7H2,1-2H3,(H,19,22)/b14-11-. The Morgan fingerprint density at radius 1 is 1.36 bits per heavy atom. The number of carbonyl (C=O) groups excluding carboxylic acids is 1. The number of benzene rings is 1. The molecule has 1 amide bonds. The maximum Gasteiger partial charge on any atom is 0.267 e. The smallest absolute Gasteiger partial charge is 0.267 e. The summed E-state index contributed by atoms with van der Waals surface area (Å²) < 4.78 is 0. The molecule has 5 nitrogen and oxygen atoms in total. The lowest BCUT2D eigenvalue weighted by Gasteiger charge is -2.38. The molecule has 1 saturated heterocycles. The lowest BCUT2D eigenvalue weighted by molar-refractivity contribution is -0.112. The molecule has 1 aliphatic heterocycles. The first-order chi connectivity index (χ1) is 10.5. The van der Waals surface area contributed by atoms with Gasteiger partial charge in [0.25, 0.3) is 5.91 Å². The van der Waals surface area contributed by atoms with E-state index in [9.17, 15) is 15.2 Å². The summed E-state index contributed by atoms with van der Waals surface area (Å²) in [5, 5.41) is 21.5. The Morgan fingerprint density at radius 2 is 2.00 bits per heavy atom. The number of nitrogens with zero attached hydrogens (tertiary/aromatic N) is 2. The van der Waals surface area contributed by atoms with Gasteiger partial charge < -0.3 is 15.3 Å². The molecule has 0 aliphatic carbocycles. The van der Waals surface area contributed by atoms with Crippen LogP contribution >= 0.6 is 0 Å². The van der Waals surface area contributed by atoms with Crippen molar-refractivity contribution in [2.75, 3.05) is 5.32 Å². The Kier molecular flexibility index (Phi) is 5.05. The van der Waals surface area contributed by atoms with E-state index in [1.165, 1.54) is 12.5 Å². The molecule has 22 heavy (non-hydrogen) atoms. The number of amides is 1. The zero-order valence-corrected chi connectivity index (χ0v) is 12.9. The highest BCUT2D eigenvalue weighted by atomic mass is 16.3. The molecular formula is C17H21N3O2. The highest BCUT2D eigenvalue weighted by Gasteiger charge is 2.23. The molecule has 1 fully saturated rings. The fourth-order valence-corrected chi connectivity index (χ4v) is 2.75. The summed E-state index contributed by atoms with van der Waals surface area (Å²) in [4.78, 5) is 14.3. The minimum Gasteiger partial charge on any atom is -0.506 e. The van der Waals surface area contributed by atoms with E-state index in [0.717, 1.165) is 12.8 Å². The Bertz CT molecular complexity index is 609. The van der Waals surface area contributed by atoms with Crippen LogP contribution in [0.2, 0.25) is 0 Å². The summed E-state index contributed by atoms with van der Waals surface area (Å²) in [6.45, 7) is 4.20. The van der Waals surface area contributed by atoms with Crippen molar-refractivity contribution in [2.45, 2.75) is 45.2 Å². The second-order valence-electron chi connectivity index (χ2n) is 5.70. The summed E-state index contributed by atoms with van der Waals surface area (Å²) in [5.74, 6) is -0.526. The Morgan fingerprint density at radius 3 is 2.59 bits per heavy atom. The number of hydrogen-bond donors (Lipinski definition) is 2. The molecule has 0 bridgehead atoms. The van der Waals surface area contributed by atoms with Crippen molar-refractivity contribution in [3.05, 3.63) is 36.0 Å². The monoisotopic (exact) mass is 299 g/mol. The van der Waals surface area contributed by atoms with Crippen molar-refractivity contribution < 1.29 is 9.90 Å². The summed E-state index contributed by atoms with van der Waals surface area (Å²) >= 11 is 0. The molecule has 2 unspecified atom stereocenters. The van der Waals surface area contributed by atoms with E-state index in [1.54, 1.807) is 24.4 Å². The number of phenols is 1. The molecule has 0 radical (unpaired) electrons. The molecule has 2 rings (SSSR count). The van der Waals surface area contributed by atoms with E-state index in [0.29, 0.717) is 17.8 Å². The van der Waals surface area contributed by atoms with Crippen molar-refractivity contribution >= 4 is 11.6 Å². The third-order valence-corrected chi connectivity index (χ3v) is 4.06. The molecular weight excluding hydrogens is 278 g/mol. The molecule has 1 aromatic rings. The average Bonchev–Trinajstić information content (AvgIpc) is 2.49. The SMILES string of the molecule is CC1CCCC(C)N1/C=C(/C#N)C(=O)Nc1ccccc1O. The average molecular weight is 299 g/mol. The van der Waals surface area contributed by atoms with Gasteiger partial charge in [-0.15, -0.1) is 0 Å². The molecule has 1 heterocycles. The third-order valence-electron chi connectivity index (χ3n) is 4.06. The van der Waals surface area contributed by atoms with Crippen molar-refractivity contribution in [1.82, 2.24) is 4.90 Å². The first kappa shape index (κ1) is 15.9. The van der Waals surface area contributed by atoms with Gasteiger partial charge in [0, 0.05) is 18.3 Å². The first-order valence-electron chi connectivity index (χ1n) is 7.51. The number of carbonyl (C=O) groups is 1. The van der Waals surface area contributed by atoms with Crippen LogP contribution in [-0.2, 0) is 4.79 Å². The maximum atomic E-state index is 12.2. The van der Waals surface area contributed by atoms with Gasteiger partial charge >= 0.3 is 0 Å². The zero-order chi connectivity index (χ0) is 16.1. The largest absolute Gasteiger partial charge is 0.506 e. The number of rotatable bonds is 3. The molecule has 0 spiro atoms. The second kappa shape index (κ2) is 6.99. The van der Waals surface area contributed by atoms with Crippen LogP contribution in [0.3, 0.4) is 0 Å². The minimum absolute atomic E-state index is 0.0205. The predicted octanol–water partition coefficient (Wildman–Crippen LogP) is 3.00. The van der Waals surface area contributed by atoms with Gasteiger partial charge in [-0.25, -0.2) is 0 Å². The summed E-state index contributed by atoms with van der Waals surface area (Å²) in [6, 6.07) is 9.03. The van der Waals surface area contributed by atoms with Crippen LogP contribution in [0.25, 0.3) is 0 Å². The molecule has 116 valence electrons. The minimum atomic E-state index is -0.506. The van der Waals surface area contributed by atoms with Gasteiger partial charge in [0.05, 0.1) is 5.69 Å². The second-order valence-corrected chi connectivity index (χ2v) is 5.70. The zero-order valence-electron chi connectivity index (χ0n) is 12.9. The molecule has 0 aromatic heterocycles. The van der Waals surface area contributed by atoms with Gasteiger partial charge in [-0.05, 0) is 45.2 Å². The van der Waals surface area contributed by atoms with Gasteiger partial charge in [0.1, 0.15) is 17.4 Å². The number of nitrogens with one attached hydrogen (secondary N) is 1. The molecule has 5 heteroatoms. The number of hydrogen-bond acceptors (Lipinski definition) is 4. The van der Waals surface area contributed by atoms with Crippen molar-refractivity contribution in [3.63, 3.8) is 0 Å². The number of phenolic OH excluding ortho intramolecular Hbond substituents is 1. The van der Waals surface area contributed by atoms with E-state index >= 15 is 0 Å². The Hall–Kier alpha value is -2.48. The Balaban J connectivity index is 2.17. The third kappa shape index (κ3) is 3.59. The molecule has 0 saturated carbocycles. The van der Waals surface area contributed by atoms with Crippen LogP contribution in [-0.4, -0.2) is 28.0 Å². The van der Waals surface area contributed by atoms with Gasteiger partial charge in [0.15, 0.2) is 0 Å². The quantitative estimate of drug-likeness (QED) is 0.511. The normalized spacial score (nSPS) is 22.0. The summed E-state index contributed by atoms with van der Waals surface area (Å²) in [7, 11) is 0. The number of aromatic hydroxyl groups is 1. The highest BCUT2D eigenvalue weighted by molar-refractivity contribution is 6.07. The molecule has 1 aromatic carbocycles. The van der Waals surface area contributed by atoms with Gasteiger partial charge in [-0.3, -0.25) is 4.79 Å². The number of likely N-dealkylation sites (tertiary alicyclic amines) is 1. The molecule has 1 aliphatic rings. The van der Waals surface area contributed by atoms with Crippen LogP contribution < -0.4 is 5.32 Å². The van der Waals surface area contributed by atoms with E-state index < -0.39 is 5.91 Å². The lowest BCUT2D eigenvalue weighted by atomic mass is 9.98. The summed E-state index contributed by atoms with van der Waals surface area (Å²) in [6.07, 6.45) is 4.92. The van der Waals surface area contributed by atoms with Gasteiger partial charge in [-0.1, -0.05) is 12.1 Å². The number of para-hydroxylation sites is 2. The molecule has 2 N–H and O–H groups in total. The van der Waals surface area contributed by atoms with Gasteiger partial charge in [-0.2, -0.15) is 5.26 Å². The predicted molar refractivity (Wildman–Crippen MR) is 85.0 cm³/mol. The van der Waals surface area contributed by atoms with Crippen molar-refractivity contribution in [1.29, 1.82) is 5.26 Å². The fraction of sp³-hybridized carbons (Fsp3) is 0.412. The number of piperidine rings is 1. The first-order valence-corrected chi connectivity index (χ1v) is 7.51. The Labute approximate surface area is 130 Å². The summed E-state index contributed by atoms with van der Waals surface area (Å²) in [5.41, 5.74) is 0.345. The van der Waals surface area contributed by atoms with Crippen LogP contribution in [0, 0.1) is 11.3 Å². The highest BCUT2D eigenvalue weighted by Crippen LogP contribution is 2.25. The molecule has 2 atom stereocenters. The fourth-order valence-electron chi connectivity index (χ4n) is 2.75. The van der Waals surface area contributed by atoms with Crippen LogP contribution in [0.5, 0.6) is 5.75 Å². The van der Waals surface area contributed by atoms with E-state index in [1.807, 2.05) is 6.07 Å². The maximum absolute atomic E-state index is 12.2. The van der Waals surface area contributed by atoms with Crippen LogP contribution in [0.1, 0.15) is 33.1 Å². The van der Waals surface area contributed by atoms with Crippen molar-refractivity contribution in [3.8, 4) is 11.8 Å². The van der Waals surface area contributed by atoms with E-state index in [-0.39, 0.29) is 11.3 Å². The number of anilines is 1. The van der Waals surface area contributed by atoms with Crippen molar-refractivity contribution in [2.24, 2.45) is 0 Å². The van der Waals surface area contributed by atoms with Crippen LogP contribution in [0.4, 0.5) is 5.69 Å². The lowest BCUT2D eigenvalue weighted by Crippen LogP contribution is -2.40. The van der Waals surface area contributed by atoms with Gasteiger partial charge in [0.2, 0.25) is 0 Å². The van der Waals surface area contributed by atoms with Crippen LogP contribution in [0.15, 0.2) is 36.0 Å². The number of nitriles is 1.